The number of aliphatic hydroxyl groups excluding tert-OH is 1. The summed E-state index contributed by atoms with van der Waals surface area (Å²) in [6.07, 6.45) is 2.05. The highest BCUT2D eigenvalue weighted by Gasteiger charge is 2.28. The molecule has 2 N–H and O–H groups in total. The Bertz CT molecular complexity index is 436. The number of pyridine rings is 1. The number of hydrogen-bond acceptors (Lipinski definition) is 4. The van der Waals surface area contributed by atoms with Crippen LogP contribution in [0.3, 0.4) is 0 Å². The van der Waals surface area contributed by atoms with Gasteiger partial charge in [0, 0.05) is 26.3 Å². The maximum Gasteiger partial charge on any atom is 0.257 e. The number of amides is 1. The fourth-order valence-electron chi connectivity index (χ4n) is 2.18. The lowest BCUT2D eigenvalue weighted by Crippen LogP contribution is -2.46. The van der Waals surface area contributed by atoms with Gasteiger partial charge in [-0.15, -0.1) is 0 Å². The number of aromatic nitrogens is 1. The third-order valence-corrected chi connectivity index (χ3v) is 3.48. The first-order chi connectivity index (χ1) is 8.63. The van der Waals surface area contributed by atoms with Gasteiger partial charge in [-0.25, -0.2) is 4.98 Å². The first kappa shape index (κ1) is 12.8. The van der Waals surface area contributed by atoms with Crippen LogP contribution in [0.4, 0.5) is 5.82 Å². The third kappa shape index (κ3) is 2.46. The molecule has 0 radical (unpaired) electrons. The van der Waals surface area contributed by atoms with Crippen molar-refractivity contribution in [2.24, 2.45) is 5.92 Å². The zero-order valence-corrected chi connectivity index (χ0v) is 10.8. The monoisotopic (exact) mass is 249 g/mol. The summed E-state index contributed by atoms with van der Waals surface area (Å²) in [5.41, 5.74) is 0.557. The lowest BCUT2D eigenvalue weighted by molar-refractivity contribution is 0.0249. The minimum absolute atomic E-state index is 0.0709. The Labute approximate surface area is 107 Å². The molecule has 5 heteroatoms. The van der Waals surface area contributed by atoms with Crippen LogP contribution >= 0.6 is 0 Å². The minimum atomic E-state index is -0.433. The van der Waals surface area contributed by atoms with Crippen molar-refractivity contribution < 1.29 is 9.90 Å². The molecule has 2 atom stereocenters. The standard InChI is InChI=1S/C13H19N3O2/c1-9-5-7-16(8-11(9)17)13(18)10-4-3-6-15-12(10)14-2/h3-4,6,9,11,17H,5,7-8H2,1-2H3,(H,14,15). The molecular formula is C13H19N3O2. The van der Waals surface area contributed by atoms with Gasteiger partial charge in [0.05, 0.1) is 11.7 Å². The van der Waals surface area contributed by atoms with Crippen LogP contribution in [0.15, 0.2) is 18.3 Å². The lowest BCUT2D eigenvalue weighted by Gasteiger charge is -2.34. The van der Waals surface area contributed by atoms with Crippen LogP contribution in [-0.4, -0.2) is 47.1 Å². The molecule has 0 aromatic carbocycles. The van der Waals surface area contributed by atoms with Crippen molar-refractivity contribution in [3.63, 3.8) is 0 Å². The van der Waals surface area contributed by atoms with Gasteiger partial charge in [-0.05, 0) is 24.5 Å². The van der Waals surface area contributed by atoms with E-state index in [1.165, 1.54) is 0 Å². The number of β-amino-alcohol motifs (C(OH)–C–C–N with tert-alkyl or cyclic N) is 1. The molecule has 2 rings (SSSR count). The molecule has 0 spiro atoms. The summed E-state index contributed by atoms with van der Waals surface area (Å²) in [5.74, 6) is 0.765. The number of aliphatic hydroxyl groups is 1. The van der Waals surface area contributed by atoms with E-state index in [0.29, 0.717) is 24.5 Å². The Balaban J connectivity index is 2.16. The number of nitrogens with zero attached hydrogens (tertiary/aromatic N) is 2. The van der Waals surface area contributed by atoms with Gasteiger partial charge in [0.2, 0.25) is 0 Å². The van der Waals surface area contributed by atoms with Gasteiger partial charge >= 0.3 is 0 Å². The number of carbonyl (C=O) groups excluding carboxylic acids is 1. The van der Waals surface area contributed by atoms with Crippen molar-refractivity contribution in [1.82, 2.24) is 9.88 Å². The van der Waals surface area contributed by atoms with Crippen molar-refractivity contribution in [1.29, 1.82) is 0 Å². The van der Waals surface area contributed by atoms with Crippen LogP contribution in [0.2, 0.25) is 0 Å². The average molecular weight is 249 g/mol. The van der Waals surface area contributed by atoms with Gasteiger partial charge in [-0.3, -0.25) is 4.79 Å². The van der Waals surface area contributed by atoms with Gasteiger partial charge in [0.1, 0.15) is 5.82 Å². The number of hydrogen-bond donors (Lipinski definition) is 2. The summed E-state index contributed by atoms with van der Waals surface area (Å²) in [6, 6.07) is 3.50. The van der Waals surface area contributed by atoms with Crippen LogP contribution in [0.1, 0.15) is 23.7 Å². The van der Waals surface area contributed by atoms with E-state index < -0.39 is 6.10 Å². The topological polar surface area (TPSA) is 65.5 Å². The van der Waals surface area contributed by atoms with Crippen molar-refractivity contribution in [2.75, 3.05) is 25.5 Å². The zero-order valence-electron chi connectivity index (χ0n) is 10.8. The van der Waals surface area contributed by atoms with Gasteiger partial charge in [0.25, 0.3) is 5.91 Å². The Kier molecular flexibility index (Phi) is 3.81. The van der Waals surface area contributed by atoms with Gasteiger partial charge in [0.15, 0.2) is 0 Å². The number of carbonyl (C=O) groups is 1. The molecule has 98 valence electrons. The van der Waals surface area contributed by atoms with Gasteiger partial charge in [-0.1, -0.05) is 6.92 Å². The maximum atomic E-state index is 12.4. The molecule has 2 heterocycles. The van der Waals surface area contributed by atoms with Crippen molar-refractivity contribution in [2.45, 2.75) is 19.4 Å². The molecule has 1 aliphatic heterocycles. The second-order valence-electron chi connectivity index (χ2n) is 4.73. The summed E-state index contributed by atoms with van der Waals surface area (Å²) >= 11 is 0. The Hall–Kier alpha value is -1.62. The van der Waals surface area contributed by atoms with E-state index in [-0.39, 0.29) is 11.8 Å². The number of anilines is 1. The van der Waals surface area contributed by atoms with Crippen LogP contribution in [0.25, 0.3) is 0 Å². The Morgan fingerprint density at radius 3 is 3.06 bits per heavy atom. The molecule has 0 bridgehead atoms. The SMILES string of the molecule is CNc1ncccc1C(=O)N1CCC(C)C(O)C1. The van der Waals surface area contributed by atoms with Crippen LogP contribution in [-0.2, 0) is 0 Å². The van der Waals surface area contributed by atoms with Crippen LogP contribution < -0.4 is 5.32 Å². The maximum absolute atomic E-state index is 12.4. The van der Waals surface area contributed by atoms with E-state index >= 15 is 0 Å². The molecule has 1 saturated heterocycles. The molecule has 1 amide bonds. The van der Waals surface area contributed by atoms with E-state index in [0.717, 1.165) is 6.42 Å². The second-order valence-corrected chi connectivity index (χ2v) is 4.73. The highest BCUT2D eigenvalue weighted by Crippen LogP contribution is 2.21. The zero-order chi connectivity index (χ0) is 13.1. The smallest absolute Gasteiger partial charge is 0.257 e. The molecule has 0 saturated carbocycles. The summed E-state index contributed by atoms with van der Waals surface area (Å²) in [6.45, 7) is 3.10. The minimum Gasteiger partial charge on any atom is -0.391 e. The number of likely N-dealkylation sites (tertiary alicyclic amines) is 1. The van der Waals surface area contributed by atoms with E-state index in [2.05, 4.69) is 10.3 Å². The van der Waals surface area contributed by atoms with Gasteiger partial charge in [-0.2, -0.15) is 0 Å². The number of nitrogens with one attached hydrogen (secondary N) is 1. The quantitative estimate of drug-likeness (QED) is 0.819. The molecule has 0 aliphatic carbocycles. The first-order valence-electron chi connectivity index (χ1n) is 6.23. The molecule has 2 unspecified atom stereocenters. The normalized spacial score (nSPS) is 23.8. The van der Waals surface area contributed by atoms with E-state index in [4.69, 9.17) is 0 Å². The highest BCUT2D eigenvalue weighted by molar-refractivity contribution is 5.98. The van der Waals surface area contributed by atoms with E-state index in [9.17, 15) is 9.90 Å². The first-order valence-corrected chi connectivity index (χ1v) is 6.23. The van der Waals surface area contributed by atoms with E-state index in [1.807, 2.05) is 6.92 Å². The highest BCUT2D eigenvalue weighted by atomic mass is 16.3. The summed E-state index contributed by atoms with van der Waals surface area (Å²) in [7, 11) is 1.74. The summed E-state index contributed by atoms with van der Waals surface area (Å²) in [4.78, 5) is 18.2. The molecule has 1 aromatic rings. The Morgan fingerprint density at radius 2 is 2.39 bits per heavy atom. The fourth-order valence-corrected chi connectivity index (χ4v) is 2.18. The number of rotatable bonds is 2. The largest absolute Gasteiger partial charge is 0.391 e. The predicted molar refractivity (Wildman–Crippen MR) is 69.5 cm³/mol. The molecule has 18 heavy (non-hydrogen) atoms. The second kappa shape index (κ2) is 5.35. The van der Waals surface area contributed by atoms with Crippen LogP contribution in [0.5, 0.6) is 0 Å². The average Bonchev–Trinajstić information content (AvgIpc) is 2.41. The summed E-state index contributed by atoms with van der Waals surface area (Å²) in [5, 5.41) is 12.8. The van der Waals surface area contributed by atoms with Crippen molar-refractivity contribution >= 4 is 11.7 Å². The Morgan fingerprint density at radius 1 is 1.61 bits per heavy atom. The summed E-state index contributed by atoms with van der Waals surface area (Å²) < 4.78 is 0. The van der Waals surface area contributed by atoms with Crippen molar-refractivity contribution in [3.05, 3.63) is 23.9 Å². The van der Waals surface area contributed by atoms with Crippen molar-refractivity contribution in [3.8, 4) is 0 Å². The predicted octanol–water partition coefficient (Wildman–Crippen LogP) is 0.966. The van der Waals surface area contributed by atoms with E-state index in [1.54, 1.807) is 30.3 Å². The van der Waals surface area contributed by atoms with Crippen LogP contribution in [0, 0.1) is 5.92 Å². The number of piperidine rings is 1. The molecular weight excluding hydrogens is 230 g/mol. The molecule has 1 aliphatic rings. The molecule has 5 nitrogen and oxygen atoms in total. The molecule has 1 aromatic heterocycles. The molecule has 1 fully saturated rings. The lowest BCUT2D eigenvalue weighted by atomic mass is 9.95. The van der Waals surface area contributed by atoms with Gasteiger partial charge < -0.3 is 15.3 Å². The fraction of sp³-hybridized carbons (Fsp3) is 0.538. The third-order valence-electron chi connectivity index (χ3n) is 3.48.